The van der Waals surface area contributed by atoms with Crippen molar-refractivity contribution >= 4 is 5.91 Å². The molecule has 4 heteroatoms. The molecule has 2 aromatic rings. The predicted octanol–water partition coefficient (Wildman–Crippen LogP) is 2.35. The normalized spacial score (nSPS) is 9.95. The number of nitrogens with zero attached hydrogens (tertiary/aromatic N) is 1. The molecule has 0 heterocycles. The van der Waals surface area contributed by atoms with Gasteiger partial charge in [-0.2, -0.15) is 5.26 Å². The molecule has 0 bridgehead atoms. The lowest BCUT2D eigenvalue weighted by atomic mass is 10.1. The molecule has 0 aliphatic carbocycles. The average Bonchev–Trinajstić information content (AvgIpc) is 2.58. The van der Waals surface area contributed by atoms with Crippen molar-refractivity contribution in [1.82, 2.24) is 10.6 Å². The highest BCUT2D eigenvalue weighted by Crippen LogP contribution is 2.02. The van der Waals surface area contributed by atoms with Crippen LogP contribution in [0.5, 0.6) is 0 Å². The van der Waals surface area contributed by atoms with E-state index in [0.717, 1.165) is 11.1 Å². The van der Waals surface area contributed by atoms with Crippen LogP contribution in [0, 0.1) is 11.3 Å². The lowest BCUT2D eigenvalue weighted by Gasteiger charge is -2.07. The summed E-state index contributed by atoms with van der Waals surface area (Å²) in [4.78, 5) is 11.7. The molecule has 2 rings (SSSR count). The van der Waals surface area contributed by atoms with E-state index in [9.17, 15) is 4.79 Å². The summed E-state index contributed by atoms with van der Waals surface area (Å²) in [6.07, 6.45) is 0.448. The molecule has 0 spiro atoms. The highest BCUT2D eigenvalue weighted by molar-refractivity contribution is 5.76. The van der Waals surface area contributed by atoms with E-state index >= 15 is 0 Å². The van der Waals surface area contributed by atoms with E-state index in [4.69, 9.17) is 5.26 Å². The number of benzene rings is 2. The van der Waals surface area contributed by atoms with Gasteiger partial charge in [0.05, 0.1) is 11.6 Å². The van der Waals surface area contributed by atoms with E-state index < -0.39 is 0 Å². The van der Waals surface area contributed by atoms with Gasteiger partial charge in [-0.25, -0.2) is 0 Å². The molecule has 2 N–H and O–H groups in total. The lowest BCUT2D eigenvalue weighted by molar-refractivity contribution is -0.121. The van der Waals surface area contributed by atoms with Crippen LogP contribution in [-0.4, -0.2) is 12.5 Å². The summed E-state index contributed by atoms with van der Waals surface area (Å²) in [7, 11) is 0. The number of carbonyl (C=O) groups excluding carboxylic acids is 1. The van der Waals surface area contributed by atoms with Gasteiger partial charge in [0.15, 0.2) is 0 Å². The van der Waals surface area contributed by atoms with E-state index in [2.05, 4.69) is 16.7 Å². The second kappa shape index (κ2) is 8.60. The molecule has 2 aromatic carbocycles. The van der Waals surface area contributed by atoms with Gasteiger partial charge in [-0.15, -0.1) is 0 Å². The number of hydrogen-bond acceptors (Lipinski definition) is 3. The molecule has 1 amide bonds. The zero-order valence-corrected chi connectivity index (χ0v) is 12.4. The van der Waals surface area contributed by atoms with Crippen molar-refractivity contribution in [2.45, 2.75) is 19.5 Å². The fourth-order valence-corrected chi connectivity index (χ4v) is 2.02. The highest BCUT2D eigenvalue weighted by Gasteiger charge is 2.01. The Hall–Kier alpha value is -2.64. The maximum Gasteiger partial charge on any atom is 0.221 e. The first-order valence-corrected chi connectivity index (χ1v) is 7.28. The second-order valence-electron chi connectivity index (χ2n) is 5.00. The van der Waals surface area contributed by atoms with Gasteiger partial charge in [0.2, 0.25) is 5.91 Å². The number of hydrogen-bond donors (Lipinski definition) is 2. The summed E-state index contributed by atoms with van der Waals surface area (Å²) in [6.45, 7) is 1.88. The quantitative estimate of drug-likeness (QED) is 0.770. The van der Waals surface area contributed by atoms with Gasteiger partial charge < -0.3 is 10.6 Å². The van der Waals surface area contributed by atoms with Crippen molar-refractivity contribution < 1.29 is 4.79 Å². The Balaban J connectivity index is 1.61. The monoisotopic (exact) mass is 293 g/mol. The summed E-state index contributed by atoms with van der Waals surface area (Å²) >= 11 is 0. The molecule has 0 aromatic heterocycles. The minimum atomic E-state index is 0.0381. The van der Waals surface area contributed by atoms with E-state index in [1.54, 1.807) is 12.1 Å². The van der Waals surface area contributed by atoms with Gasteiger partial charge in [0, 0.05) is 26.1 Å². The first kappa shape index (κ1) is 15.7. The maximum absolute atomic E-state index is 11.7. The Labute approximate surface area is 130 Å². The molecule has 0 aliphatic rings. The van der Waals surface area contributed by atoms with Gasteiger partial charge >= 0.3 is 0 Å². The third kappa shape index (κ3) is 5.39. The first-order valence-electron chi connectivity index (χ1n) is 7.28. The minimum absolute atomic E-state index is 0.0381. The third-order valence-electron chi connectivity index (χ3n) is 3.27. The maximum atomic E-state index is 11.7. The lowest BCUT2D eigenvalue weighted by Crippen LogP contribution is -2.27. The Kier molecular flexibility index (Phi) is 6.16. The third-order valence-corrected chi connectivity index (χ3v) is 3.27. The zero-order valence-electron chi connectivity index (χ0n) is 12.4. The molecule has 22 heavy (non-hydrogen) atoms. The number of carbonyl (C=O) groups is 1. The van der Waals surface area contributed by atoms with Gasteiger partial charge in [0.1, 0.15) is 0 Å². The van der Waals surface area contributed by atoms with E-state index in [-0.39, 0.29) is 5.91 Å². The topological polar surface area (TPSA) is 64.9 Å². The smallest absolute Gasteiger partial charge is 0.221 e. The molecular formula is C18H19N3O. The van der Waals surface area contributed by atoms with Crippen molar-refractivity contribution in [3.05, 3.63) is 71.3 Å². The molecule has 0 saturated heterocycles. The minimum Gasteiger partial charge on any atom is -0.352 e. The van der Waals surface area contributed by atoms with Crippen molar-refractivity contribution in [3.8, 4) is 6.07 Å². The molecule has 0 fully saturated rings. The number of amides is 1. The van der Waals surface area contributed by atoms with Crippen LogP contribution in [-0.2, 0) is 17.9 Å². The van der Waals surface area contributed by atoms with Crippen molar-refractivity contribution in [3.63, 3.8) is 0 Å². The molecular weight excluding hydrogens is 274 g/mol. The predicted molar refractivity (Wildman–Crippen MR) is 85.8 cm³/mol. The second-order valence-corrected chi connectivity index (χ2v) is 5.00. The average molecular weight is 293 g/mol. The van der Waals surface area contributed by atoms with Crippen LogP contribution in [0.1, 0.15) is 23.1 Å². The summed E-state index contributed by atoms with van der Waals surface area (Å²) in [5.41, 5.74) is 2.86. The van der Waals surface area contributed by atoms with Gasteiger partial charge in [-0.3, -0.25) is 4.79 Å². The molecule has 0 atom stereocenters. The van der Waals surface area contributed by atoms with Crippen molar-refractivity contribution in [1.29, 1.82) is 5.26 Å². The van der Waals surface area contributed by atoms with Crippen LogP contribution in [0.3, 0.4) is 0 Å². The zero-order chi connectivity index (χ0) is 15.6. The Morgan fingerprint density at radius 2 is 1.64 bits per heavy atom. The van der Waals surface area contributed by atoms with Crippen LogP contribution in [0.2, 0.25) is 0 Å². The fraction of sp³-hybridized carbons (Fsp3) is 0.222. The van der Waals surface area contributed by atoms with Gasteiger partial charge in [-0.1, -0.05) is 42.5 Å². The van der Waals surface area contributed by atoms with Crippen LogP contribution in [0.4, 0.5) is 0 Å². The van der Waals surface area contributed by atoms with E-state index in [1.165, 1.54) is 0 Å². The summed E-state index contributed by atoms with van der Waals surface area (Å²) < 4.78 is 0. The van der Waals surface area contributed by atoms with E-state index in [1.807, 2.05) is 42.5 Å². The summed E-state index contributed by atoms with van der Waals surface area (Å²) in [6, 6.07) is 19.4. The molecule has 4 nitrogen and oxygen atoms in total. The Bertz CT molecular complexity index is 630. The SMILES string of the molecule is N#Cc1ccc(CNCCC(=O)NCc2ccccc2)cc1. The van der Waals surface area contributed by atoms with Gasteiger partial charge in [-0.05, 0) is 23.3 Å². The molecule has 112 valence electrons. The standard InChI is InChI=1S/C18H19N3O/c19-12-15-6-8-17(9-7-15)13-20-11-10-18(22)21-14-16-4-2-1-3-5-16/h1-9,20H,10-11,13-14H2,(H,21,22). The number of rotatable bonds is 7. The molecule has 0 aliphatic heterocycles. The van der Waals surface area contributed by atoms with E-state index in [0.29, 0.717) is 31.6 Å². The molecule has 0 saturated carbocycles. The number of nitrogens with one attached hydrogen (secondary N) is 2. The Morgan fingerprint density at radius 3 is 2.32 bits per heavy atom. The van der Waals surface area contributed by atoms with Gasteiger partial charge in [0.25, 0.3) is 0 Å². The first-order chi connectivity index (χ1) is 10.8. The van der Waals surface area contributed by atoms with Crippen LogP contribution >= 0.6 is 0 Å². The van der Waals surface area contributed by atoms with Crippen molar-refractivity contribution in [2.75, 3.05) is 6.54 Å². The van der Waals surface area contributed by atoms with Crippen molar-refractivity contribution in [2.24, 2.45) is 0 Å². The summed E-state index contributed by atoms with van der Waals surface area (Å²) in [5.74, 6) is 0.0381. The Morgan fingerprint density at radius 1 is 0.955 bits per heavy atom. The highest BCUT2D eigenvalue weighted by atomic mass is 16.1. The van der Waals surface area contributed by atoms with Crippen LogP contribution in [0.25, 0.3) is 0 Å². The van der Waals surface area contributed by atoms with Crippen LogP contribution < -0.4 is 10.6 Å². The number of nitriles is 1. The largest absolute Gasteiger partial charge is 0.352 e. The molecule has 0 radical (unpaired) electrons. The van der Waals surface area contributed by atoms with Crippen LogP contribution in [0.15, 0.2) is 54.6 Å². The summed E-state index contributed by atoms with van der Waals surface area (Å²) in [5, 5.41) is 14.8. The molecule has 0 unspecified atom stereocenters. The fourth-order valence-electron chi connectivity index (χ4n) is 2.02.